The molecule has 0 radical (unpaired) electrons. The van der Waals surface area contributed by atoms with E-state index in [0.29, 0.717) is 6.42 Å². The van der Waals surface area contributed by atoms with Gasteiger partial charge in [-0.25, -0.2) is 0 Å². The first-order valence-electron chi connectivity index (χ1n) is 6.43. The van der Waals surface area contributed by atoms with E-state index in [2.05, 4.69) is 49.6 Å². The van der Waals surface area contributed by atoms with E-state index in [-0.39, 0.29) is 6.04 Å². The SMILES string of the molecule is CCNC(Cc1nnn(C)n1)c1ccc(OC)c(Br)c1. The minimum atomic E-state index is 0.145. The molecule has 1 aromatic carbocycles. The molecular weight excluding hydrogens is 322 g/mol. The van der Waals surface area contributed by atoms with Crippen molar-refractivity contribution < 1.29 is 4.74 Å². The van der Waals surface area contributed by atoms with Crippen LogP contribution in [0, 0.1) is 0 Å². The Bertz CT molecular complexity index is 572. The molecule has 6 nitrogen and oxygen atoms in total. The summed E-state index contributed by atoms with van der Waals surface area (Å²) in [6.45, 7) is 2.95. The normalized spacial score (nSPS) is 12.4. The molecule has 1 atom stereocenters. The fourth-order valence-corrected chi connectivity index (χ4v) is 2.60. The molecule has 1 heterocycles. The minimum absolute atomic E-state index is 0.145. The molecular formula is C13H18BrN5O. The van der Waals surface area contributed by atoms with Crippen LogP contribution in [0.25, 0.3) is 0 Å². The van der Waals surface area contributed by atoms with Crippen molar-refractivity contribution in [2.24, 2.45) is 7.05 Å². The van der Waals surface area contributed by atoms with E-state index < -0.39 is 0 Å². The fourth-order valence-electron chi connectivity index (χ4n) is 2.04. The largest absolute Gasteiger partial charge is 0.496 e. The number of nitrogens with zero attached hydrogens (tertiary/aromatic N) is 4. The van der Waals surface area contributed by atoms with Gasteiger partial charge in [-0.15, -0.1) is 10.2 Å². The number of aromatic nitrogens is 4. The first-order valence-corrected chi connectivity index (χ1v) is 7.23. The molecule has 0 aliphatic heterocycles. The topological polar surface area (TPSA) is 64.9 Å². The molecule has 0 aliphatic carbocycles. The molecule has 0 aliphatic rings. The van der Waals surface area contributed by atoms with Crippen LogP contribution in [0.4, 0.5) is 0 Å². The molecule has 1 unspecified atom stereocenters. The summed E-state index contributed by atoms with van der Waals surface area (Å²) in [6.07, 6.45) is 0.695. The van der Waals surface area contributed by atoms with Gasteiger partial charge < -0.3 is 10.1 Å². The zero-order valence-electron chi connectivity index (χ0n) is 11.8. The van der Waals surface area contributed by atoms with Crippen LogP contribution in [0.15, 0.2) is 22.7 Å². The number of halogens is 1. The average molecular weight is 340 g/mol. The van der Waals surface area contributed by atoms with E-state index in [4.69, 9.17) is 4.74 Å². The third kappa shape index (κ3) is 3.55. The lowest BCUT2D eigenvalue weighted by molar-refractivity contribution is 0.411. The Hall–Kier alpha value is -1.47. The molecule has 2 rings (SSSR count). The van der Waals surface area contributed by atoms with E-state index >= 15 is 0 Å². The lowest BCUT2D eigenvalue weighted by atomic mass is 10.0. The number of benzene rings is 1. The van der Waals surface area contributed by atoms with Crippen LogP contribution >= 0.6 is 15.9 Å². The number of hydrogen-bond donors (Lipinski definition) is 1. The van der Waals surface area contributed by atoms with E-state index in [0.717, 1.165) is 28.2 Å². The van der Waals surface area contributed by atoms with E-state index in [1.54, 1.807) is 14.2 Å². The highest BCUT2D eigenvalue weighted by molar-refractivity contribution is 9.10. The smallest absolute Gasteiger partial charge is 0.176 e. The first-order chi connectivity index (χ1) is 9.63. The van der Waals surface area contributed by atoms with Gasteiger partial charge in [0, 0.05) is 12.5 Å². The summed E-state index contributed by atoms with van der Waals surface area (Å²) in [5, 5.41) is 15.6. The van der Waals surface area contributed by atoms with Crippen LogP contribution in [0.5, 0.6) is 5.75 Å². The van der Waals surface area contributed by atoms with Crippen LogP contribution < -0.4 is 10.1 Å². The van der Waals surface area contributed by atoms with Gasteiger partial charge in [0.1, 0.15) is 5.75 Å². The van der Waals surface area contributed by atoms with E-state index in [9.17, 15) is 0 Å². The predicted octanol–water partition coefficient (Wildman–Crippen LogP) is 1.87. The number of rotatable bonds is 6. The summed E-state index contributed by atoms with van der Waals surface area (Å²) >= 11 is 3.52. The lowest BCUT2D eigenvalue weighted by Gasteiger charge is -2.17. The molecule has 1 aromatic heterocycles. The van der Waals surface area contributed by atoms with E-state index in [1.807, 2.05) is 12.1 Å². The molecule has 1 N–H and O–H groups in total. The van der Waals surface area contributed by atoms with Crippen molar-refractivity contribution in [1.82, 2.24) is 25.5 Å². The first kappa shape index (κ1) is 14.9. The molecule has 2 aromatic rings. The number of tetrazole rings is 1. The zero-order valence-corrected chi connectivity index (χ0v) is 13.4. The number of likely N-dealkylation sites (N-methyl/N-ethyl adjacent to an activating group) is 1. The predicted molar refractivity (Wildman–Crippen MR) is 79.6 cm³/mol. The number of methoxy groups -OCH3 is 1. The maximum Gasteiger partial charge on any atom is 0.176 e. The van der Waals surface area contributed by atoms with Gasteiger partial charge in [0.15, 0.2) is 5.82 Å². The molecule has 0 fully saturated rings. The highest BCUT2D eigenvalue weighted by Gasteiger charge is 2.15. The Morgan fingerprint density at radius 2 is 2.25 bits per heavy atom. The molecule has 20 heavy (non-hydrogen) atoms. The quantitative estimate of drug-likeness (QED) is 0.870. The van der Waals surface area contributed by atoms with Crippen LogP contribution in [0.3, 0.4) is 0 Å². The van der Waals surface area contributed by atoms with Gasteiger partial charge in [-0.2, -0.15) is 4.80 Å². The summed E-state index contributed by atoms with van der Waals surface area (Å²) in [5.41, 5.74) is 1.16. The van der Waals surface area contributed by atoms with Gasteiger partial charge in [-0.05, 0) is 45.4 Å². The van der Waals surface area contributed by atoms with Crippen molar-refractivity contribution in [3.63, 3.8) is 0 Å². The highest BCUT2D eigenvalue weighted by atomic mass is 79.9. The Balaban J connectivity index is 2.21. The third-order valence-electron chi connectivity index (χ3n) is 2.97. The maximum absolute atomic E-state index is 5.26. The lowest BCUT2D eigenvalue weighted by Crippen LogP contribution is -2.23. The Morgan fingerprint density at radius 3 is 2.80 bits per heavy atom. The van der Waals surface area contributed by atoms with Crippen molar-refractivity contribution in [2.45, 2.75) is 19.4 Å². The number of hydrogen-bond acceptors (Lipinski definition) is 5. The van der Waals surface area contributed by atoms with Gasteiger partial charge in [0.25, 0.3) is 0 Å². The summed E-state index contributed by atoms with van der Waals surface area (Å²) in [7, 11) is 3.42. The summed E-state index contributed by atoms with van der Waals surface area (Å²) < 4.78 is 6.19. The van der Waals surface area contributed by atoms with Crippen LogP contribution in [0.2, 0.25) is 0 Å². The van der Waals surface area contributed by atoms with Crippen molar-refractivity contribution in [1.29, 1.82) is 0 Å². The second-order valence-electron chi connectivity index (χ2n) is 4.40. The third-order valence-corrected chi connectivity index (χ3v) is 3.58. The average Bonchev–Trinajstić information content (AvgIpc) is 2.83. The Kier molecular flexibility index (Phi) is 5.08. The minimum Gasteiger partial charge on any atom is -0.496 e. The summed E-state index contributed by atoms with van der Waals surface area (Å²) in [4.78, 5) is 1.47. The monoisotopic (exact) mass is 339 g/mol. The highest BCUT2D eigenvalue weighted by Crippen LogP contribution is 2.28. The van der Waals surface area contributed by atoms with Crippen molar-refractivity contribution in [2.75, 3.05) is 13.7 Å². The standard InChI is InChI=1S/C13H18BrN5O/c1-4-15-11(8-13-16-18-19(2)17-13)9-5-6-12(20-3)10(14)7-9/h5-7,11,15H,4,8H2,1-3H3. The van der Waals surface area contributed by atoms with Gasteiger partial charge >= 0.3 is 0 Å². The van der Waals surface area contributed by atoms with Crippen LogP contribution in [-0.4, -0.2) is 33.9 Å². The molecule has 0 bridgehead atoms. The van der Waals surface area contributed by atoms with Crippen molar-refractivity contribution >= 4 is 15.9 Å². The Labute approximate surface area is 126 Å². The summed E-state index contributed by atoms with van der Waals surface area (Å²) in [5.74, 6) is 1.55. The molecule has 0 saturated heterocycles. The molecule has 0 amide bonds. The van der Waals surface area contributed by atoms with Gasteiger partial charge in [-0.3, -0.25) is 0 Å². The van der Waals surface area contributed by atoms with E-state index in [1.165, 1.54) is 4.80 Å². The van der Waals surface area contributed by atoms with Crippen LogP contribution in [-0.2, 0) is 13.5 Å². The molecule has 0 saturated carbocycles. The molecule has 108 valence electrons. The fraction of sp³-hybridized carbons (Fsp3) is 0.462. The Morgan fingerprint density at radius 1 is 1.45 bits per heavy atom. The maximum atomic E-state index is 5.26. The number of ether oxygens (including phenoxy) is 1. The molecule has 7 heteroatoms. The van der Waals surface area contributed by atoms with Crippen molar-refractivity contribution in [3.05, 3.63) is 34.1 Å². The second-order valence-corrected chi connectivity index (χ2v) is 5.26. The van der Waals surface area contributed by atoms with Gasteiger partial charge in [0.2, 0.25) is 0 Å². The molecule has 0 spiro atoms. The second kappa shape index (κ2) is 6.81. The number of nitrogens with one attached hydrogen (secondary N) is 1. The zero-order chi connectivity index (χ0) is 14.5. The number of aryl methyl sites for hydroxylation is 1. The van der Waals surface area contributed by atoms with Gasteiger partial charge in [0.05, 0.1) is 18.6 Å². The van der Waals surface area contributed by atoms with Gasteiger partial charge in [-0.1, -0.05) is 13.0 Å². The van der Waals surface area contributed by atoms with Crippen LogP contribution in [0.1, 0.15) is 24.4 Å². The summed E-state index contributed by atoms with van der Waals surface area (Å²) in [6, 6.07) is 6.20. The van der Waals surface area contributed by atoms with Crippen molar-refractivity contribution in [3.8, 4) is 5.75 Å².